The van der Waals surface area contributed by atoms with E-state index in [0.29, 0.717) is 24.6 Å². The molecule has 1 fully saturated rings. The summed E-state index contributed by atoms with van der Waals surface area (Å²) in [5.74, 6) is -0.475. The van der Waals surface area contributed by atoms with Crippen LogP contribution in [0.2, 0.25) is 0 Å². The summed E-state index contributed by atoms with van der Waals surface area (Å²) in [6.45, 7) is 6.90. The van der Waals surface area contributed by atoms with E-state index >= 15 is 0 Å². The first-order valence-electron chi connectivity index (χ1n) is 9.64. The van der Waals surface area contributed by atoms with Gasteiger partial charge in [0.1, 0.15) is 6.54 Å². The van der Waals surface area contributed by atoms with Gasteiger partial charge in [0.15, 0.2) is 0 Å². The first-order chi connectivity index (χ1) is 14.1. The van der Waals surface area contributed by atoms with E-state index in [1.807, 2.05) is 20.8 Å². The van der Waals surface area contributed by atoms with Gasteiger partial charge >= 0.3 is 0 Å². The molecule has 1 aromatic heterocycles. The molecule has 1 aromatic carbocycles. The maximum atomic E-state index is 12.8. The third-order valence-electron chi connectivity index (χ3n) is 4.65. The normalized spacial score (nSPS) is 15.7. The van der Waals surface area contributed by atoms with Crippen molar-refractivity contribution in [3.05, 3.63) is 52.4 Å². The summed E-state index contributed by atoms with van der Waals surface area (Å²) in [4.78, 5) is 24.6. The van der Waals surface area contributed by atoms with E-state index in [2.05, 4.69) is 10.4 Å². The van der Waals surface area contributed by atoms with E-state index in [4.69, 9.17) is 4.74 Å². The topological polar surface area (TPSA) is 111 Å². The smallest absolute Gasteiger partial charge is 0.267 e. The lowest BCUT2D eigenvalue weighted by Crippen LogP contribution is -2.40. The third-order valence-corrected chi connectivity index (χ3v) is 6.55. The number of rotatable bonds is 5. The number of carbonyl (C=O) groups excluding carboxylic acids is 1. The fourth-order valence-corrected chi connectivity index (χ4v) is 4.42. The Bertz CT molecular complexity index is 1080. The van der Waals surface area contributed by atoms with Crippen LogP contribution in [0.1, 0.15) is 26.5 Å². The maximum absolute atomic E-state index is 12.8. The third kappa shape index (κ3) is 5.13. The molecule has 0 atom stereocenters. The van der Waals surface area contributed by atoms with Crippen molar-refractivity contribution in [1.29, 1.82) is 0 Å². The van der Waals surface area contributed by atoms with Crippen molar-refractivity contribution in [2.45, 2.75) is 37.6 Å². The molecule has 0 spiro atoms. The molecular formula is C20H26N4O5S. The highest BCUT2D eigenvalue weighted by atomic mass is 32.2. The van der Waals surface area contributed by atoms with E-state index in [1.165, 1.54) is 22.5 Å². The number of benzene rings is 1. The molecule has 3 rings (SSSR count). The minimum atomic E-state index is -3.67. The summed E-state index contributed by atoms with van der Waals surface area (Å²) in [6.07, 6.45) is 0. The van der Waals surface area contributed by atoms with Crippen LogP contribution in [0.15, 0.2) is 46.1 Å². The van der Waals surface area contributed by atoms with Crippen LogP contribution in [0.25, 0.3) is 0 Å². The van der Waals surface area contributed by atoms with Crippen molar-refractivity contribution in [3.63, 3.8) is 0 Å². The van der Waals surface area contributed by atoms with Gasteiger partial charge in [0.2, 0.25) is 15.9 Å². The van der Waals surface area contributed by atoms with Gasteiger partial charge in [-0.3, -0.25) is 9.59 Å². The molecule has 2 aromatic rings. The molecule has 162 valence electrons. The number of hydrogen-bond donors (Lipinski definition) is 1. The molecule has 30 heavy (non-hydrogen) atoms. The molecular weight excluding hydrogens is 408 g/mol. The number of hydrogen-bond acceptors (Lipinski definition) is 6. The zero-order valence-electron chi connectivity index (χ0n) is 17.3. The van der Waals surface area contributed by atoms with Crippen LogP contribution in [0.3, 0.4) is 0 Å². The monoisotopic (exact) mass is 434 g/mol. The number of sulfonamides is 1. The van der Waals surface area contributed by atoms with Crippen LogP contribution in [-0.4, -0.2) is 54.7 Å². The molecule has 9 nitrogen and oxygen atoms in total. The van der Waals surface area contributed by atoms with E-state index in [9.17, 15) is 18.0 Å². The summed E-state index contributed by atoms with van der Waals surface area (Å²) in [6, 6.07) is 9.09. The van der Waals surface area contributed by atoms with Crippen LogP contribution in [0.5, 0.6) is 0 Å². The number of ether oxygens (including phenoxy) is 1. The fraction of sp³-hybridized carbons (Fsp3) is 0.450. The number of aromatic nitrogens is 2. The van der Waals surface area contributed by atoms with E-state index in [1.54, 1.807) is 18.2 Å². The van der Waals surface area contributed by atoms with Gasteiger partial charge in [-0.15, -0.1) is 0 Å². The molecule has 1 amide bonds. The highest BCUT2D eigenvalue weighted by molar-refractivity contribution is 7.89. The Kier molecular flexibility index (Phi) is 6.39. The molecule has 1 aliphatic rings. The highest BCUT2D eigenvalue weighted by Crippen LogP contribution is 2.21. The van der Waals surface area contributed by atoms with Crippen LogP contribution in [-0.2, 0) is 31.5 Å². The standard InChI is InChI=1S/C20H26N4O5S/c1-20(2,3)17-7-8-19(26)24(22-17)14-18(25)21-15-5-4-6-16(13-15)30(27,28)23-9-11-29-12-10-23/h4-8,13H,9-12,14H2,1-3H3,(H,21,25). The number of morpholine rings is 1. The van der Waals surface area contributed by atoms with Gasteiger partial charge in [0.05, 0.1) is 23.8 Å². The van der Waals surface area contributed by atoms with Crippen molar-refractivity contribution in [3.8, 4) is 0 Å². The number of nitrogens with zero attached hydrogens (tertiary/aromatic N) is 3. The maximum Gasteiger partial charge on any atom is 0.267 e. The number of nitrogens with one attached hydrogen (secondary N) is 1. The number of amides is 1. The second-order valence-corrected chi connectivity index (χ2v) is 9.99. The first-order valence-corrected chi connectivity index (χ1v) is 11.1. The van der Waals surface area contributed by atoms with Crippen LogP contribution < -0.4 is 10.9 Å². The van der Waals surface area contributed by atoms with Gasteiger partial charge in [0.25, 0.3) is 5.56 Å². The molecule has 2 heterocycles. The molecule has 1 saturated heterocycles. The van der Waals surface area contributed by atoms with Crippen LogP contribution in [0.4, 0.5) is 5.69 Å². The Morgan fingerprint density at radius 1 is 1.17 bits per heavy atom. The fourth-order valence-electron chi connectivity index (χ4n) is 2.97. The van der Waals surface area contributed by atoms with Crippen molar-refractivity contribution in [1.82, 2.24) is 14.1 Å². The molecule has 0 bridgehead atoms. The summed E-state index contributed by atoms with van der Waals surface area (Å²) >= 11 is 0. The van der Waals surface area contributed by atoms with Gasteiger partial charge in [-0.25, -0.2) is 13.1 Å². The van der Waals surface area contributed by atoms with Crippen molar-refractivity contribution in [2.24, 2.45) is 0 Å². The van der Waals surface area contributed by atoms with Crippen molar-refractivity contribution in [2.75, 3.05) is 31.6 Å². The van der Waals surface area contributed by atoms with Crippen molar-refractivity contribution >= 4 is 21.6 Å². The predicted octanol–water partition coefficient (Wildman–Crippen LogP) is 1.20. The molecule has 0 radical (unpaired) electrons. The molecule has 0 unspecified atom stereocenters. The van der Waals surface area contributed by atoms with E-state index in [-0.39, 0.29) is 35.5 Å². The number of carbonyl (C=O) groups is 1. The Balaban J connectivity index is 1.75. The lowest BCUT2D eigenvalue weighted by atomic mass is 9.92. The zero-order valence-corrected chi connectivity index (χ0v) is 18.1. The van der Waals surface area contributed by atoms with Crippen LogP contribution in [0, 0.1) is 0 Å². The summed E-state index contributed by atoms with van der Waals surface area (Å²) in [5, 5.41) is 6.92. The summed E-state index contributed by atoms with van der Waals surface area (Å²) in [7, 11) is -3.67. The van der Waals surface area contributed by atoms with Crippen LogP contribution >= 0.6 is 0 Å². The molecule has 10 heteroatoms. The molecule has 0 saturated carbocycles. The van der Waals surface area contributed by atoms with E-state index in [0.717, 1.165) is 4.68 Å². The lowest BCUT2D eigenvalue weighted by molar-refractivity contribution is -0.117. The largest absolute Gasteiger partial charge is 0.379 e. The summed E-state index contributed by atoms with van der Waals surface area (Å²) < 4.78 is 33.3. The molecule has 1 N–H and O–H groups in total. The van der Waals surface area contributed by atoms with Gasteiger partial charge in [0, 0.05) is 30.3 Å². The Morgan fingerprint density at radius 2 is 1.87 bits per heavy atom. The predicted molar refractivity (Wildman–Crippen MR) is 112 cm³/mol. The number of anilines is 1. The quantitative estimate of drug-likeness (QED) is 0.757. The average molecular weight is 435 g/mol. The van der Waals surface area contributed by atoms with Gasteiger partial charge in [-0.05, 0) is 24.3 Å². The average Bonchev–Trinajstić information content (AvgIpc) is 2.69. The second-order valence-electron chi connectivity index (χ2n) is 8.06. The van der Waals surface area contributed by atoms with Gasteiger partial charge < -0.3 is 10.1 Å². The molecule has 0 aliphatic carbocycles. The summed E-state index contributed by atoms with van der Waals surface area (Å²) in [5.41, 5.74) is 0.360. The van der Waals surface area contributed by atoms with Gasteiger partial charge in [-0.2, -0.15) is 9.40 Å². The van der Waals surface area contributed by atoms with Gasteiger partial charge in [-0.1, -0.05) is 26.8 Å². The second kappa shape index (κ2) is 8.66. The Labute approximate surface area is 175 Å². The zero-order chi connectivity index (χ0) is 21.9. The minimum absolute atomic E-state index is 0.0900. The lowest BCUT2D eigenvalue weighted by Gasteiger charge is -2.26. The Morgan fingerprint density at radius 3 is 2.53 bits per heavy atom. The van der Waals surface area contributed by atoms with Crippen molar-refractivity contribution < 1.29 is 17.9 Å². The minimum Gasteiger partial charge on any atom is -0.379 e. The SMILES string of the molecule is CC(C)(C)c1ccc(=O)n(CC(=O)Nc2cccc(S(=O)(=O)N3CCOCC3)c2)n1. The Hall–Kier alpha value is -2.56. The highest BCUT2D eigenvalue weighted by Gasteiger charge is 2.26. The first kappa shape index (κ1) is 22.1. The van der Waals surface area contributed by atoms with E-state index < -0.39 is 15.9 Å². The molecule has 1 aliphatic heterocycles.